The van der Waals surface area contributed by atoms with E-state index in [0.717, 1.165) is 48.2 Å². The number of carbonyl (C=O) groups is 1. The summed E-state index contributed by atoms with van der Waals surface area (Å²) in [5.41, 5.74) is 11.2. The number of nitrogens with zero attached hydrogens (tertiary/aromatic N) is 5. The molecule has 2 bridgehead atoms. The van der Waals surface area contributed by atoms with Gasteiger partial charge in [-0.2, -0.15) is 5.10 Å². The van der Waals surface area contributed by atoms with Crippen molar-refractivity contribution in [3.05, 3.63) is 78.6 Å². The maximum Gasteiger partial charge on any atom is 0.255 e. The van der Waals surface area contributed by atoms with Gasteiger partial charge in [0.25, 0.3) is 5.91 Å². The zero-order valence-corrected chi connectivity index (χ0v) is 21.8. The zero-order valence-electron chi connectivity index (χ0n) is 21.8. The summed E-state index contributed by atoms with van der Waals surface area (Å²) in [5.74, 6) is 1.30. The normalized spacial score (nSPS) is 20.9. The van der Waals surface area contributed by atoms with Crippen LogP contribution in [-0.2, 0) is 0 Å². The third kappa shape index (κ3) is 4.24. The fourth-order valence-electron chi connectivity index (χ4n) is 6.13. The third-order valence-corrected chi connectivity index (χ3v) is 7.98. The molecule has 0 spiro atoms. The lowest BCUT2D eigenvalue weighted by molar-refractivity contribution is 0.102. The van der Waals surface area contributed by atoms with Crippen LogP contribution in [0.5, 0.6) is 0 Å². The Balaban J connectivity index is 1.34. The Morgan fingerprint density at radius 3 is 2.68 bits per heavy atom. The number of nitrogens with one attached hydrogen (secondary N) is 1. The van der Waals surface area contributed by atoms with Gasteiger partial charge in [-0.05, 0) is 54.5 Å². The van der Waals surface area contributed by atoms with Gasteiger partial charge in [0.1, 0.15) is 17.8 Å². The van der Waals surface area contributed by atoms with Gasteiger partial charge in [0, 0.05) is 35.9 Å². The molecule has 2 aromatic heterocycles. The maximum absolute atomic E-state index is 13.1. The van der Waals surface area contributed by atoms with Crippen LogP contribution in [0.2, 0.25) is 0 Å². The highest BCUT2D eigenvalue weighted by atomic mass is 16.1. The molecule has 194 valence electrons. The van der Waals surface area contributed by atoms with Gasteiger partial charge in [0.05, 0.1) is 11.4 Å². The quantitative estimate of drug-likeness (QED) is 0.330. The third-order valence-electron chi connectivity index (χ3n) is 7.98. The molecular weight excluding hydrogens is 474 g/mol. The number of fused-ring (bicyclic) bond motifs is 3. The van der Waals surface area contributed by atoms with Gasteiger partial charge in [-0.3, -0.25) is 9.69 Å². The molecule has 2 fully saturated rings. The number of anilines is 2. The predicted octanol–water partition coefficient (Wildman–Crippen LogP) is 5.27. The minimum atomic E-state index is -0.176. The highest BCUT2D eigenvalue weighted by Gasteiger charge is 2.46. The lowest BCUT2D eigenvalue weighted by Gasteiger charge is -2.32. The van der Waals surface area contributed by atoms with Gasteiger partial charge >= 0.3 is 0 Å². The number of amides is 1. The first-order valence-corrected chi connectivity index (χ1v) is 13.3. The van der Waals surface area contributed by atoms with E-state index in [9.17, 15) is 4.79 Å². The summed E-state index contributed by atoms with van der Waals surface area (Å²) in [6.45, 7) is 10.2. The maximum atomic E-state index is 13.1. The van der Waals surface area contributed by atoms with Crippen LogP contribution in [0.1, 0.15) is 54.6 Å². The molecule has 3 unspecified atom stereocenters. The highest BCUT2D eigenvalue weighted by Crippen LogP contribution is 2.46. The Labute approximate surface area is 222 Å². The van der Waals surface area contributed by atoms with E-state index in [1.807, 2.05) is 59.3 Å². The Kier molecular flexibility index (Phi) is 6.19. The summed E-state index contributed by atoms with van der Waals surface area (Å²) in [4.78, 5) is 24.5. The molecule has 2 aliphatic rings. The molecule has 6 rings (SSSR count). The van der Waals surface area contributed by atoms with Crippen LogP contribution in [0.3, 0.4) is 0 Å². The molecule has 38 heavy (non-hydrogen) atoms. The molecular formula is C30H33N7O. The second kappa shape index (κ2) is 9.68. The number of rotatable bonds is 7. The number of piperidine rings is 1. The SMILES string of the molecule is C=CCN1CC2CC1C(n1nc(-c3cccc(C(=O)Nc4ccc(C(C)C)cc4)c3)c3c(N)ncnc31)C2. The first-order chi connectivity index (χ1) is 18.4. The van der Waals surface area contributed by atoms with Crippen LogP contribution in [0.25, 0.3) is 22.3 Å². The molecule has 3 atom stereocenters. The van der Waals surface area contributed by atoms with Gasteiger partial charge in [-0.15, -0.1) is 6.58 Å². The van der Waals surface area contributed by atoms with Crippen LogP contribution < -0.4 is 11.1 Å². The monoisotopic (exact) mass is 507 g/mol. The molecule has 1 amide bonds. The number of aromatic nitrogens is 4. The molecule has 1 aliphatic carbocycles. The number of likely N-dealkylation sites (tertiary alicyclic amines) is 1. The Bertz CT molecular complexity index is 1510. The largest absolute Gasteiger partial charge is 0.383 e. The summed E-state index contributed by atoms with van der Waals surface area (Å²) >= 11 is 0. The van der Waals surface area contributed by atoms with Crippen molar-refractivity contribution in [3.63, 3.8) is 0 Å². The highest BCUT2D eigenvalue weighted by molar-refractivity contribution is 6.06. The zero-order chi connectivity index (χ0) is 26.4. The molecule has 3 heterocycles. The standard InChI is InChI=1S/C30H33N7O/c1-4-12-36-16-19-13-24(36)25(14-19)37-29-26(28(31)32-17-33-29)27(35-37)21-6-5-7-22(15-21)30(38)34-23-10-8-20(9-11-23)18(2)3/h4-11,15,17-19,24-25H,1,12-14,16H2,2-3H3,(H,34,38)(H2,31,32,33). The average Bonchev–Trinajstić information content (AvgIpc) is 3.62. The van der Waals surface area contributed by atoms with Crippen LogP contribution in [0.4, 0.5) is 11.5 Å². The number of hydrogen-bond acceptors (Lipinski definition) is 6. The van der Waals surface area contributed by atoms with E-state index in [1.165, 1.54) is 11.9 Å². The van der Waals surface area contributed by atoms with Gasteiger partial charge in [-0.25, -0.2) is 14.6 Å². The predicted molar refractivity (Wildman–Crippen MR) is 151 cm³/mol. The van der Waals surface area contributed by atoms with E-state index in [2.05, 4.69) is 40.6 Å². The second-order valence-electron chi connectivity index (χ2n) is 10.8. The number of benzene rings is 2. The molecule has 3 N–H and O–H groups in total. The van der Waals surface area contributed by atoms with E-state index in [4.69, 9.17) is 10.8 Å². The van der Waals surface area contributed by atoms with Crippen molar-refractivity contribution in [1.29, 1.82) is 0 Å². The van der Waals surface area contributed by atoms with Crippen LogP contribution in [0, 0.1) is 5.92 Å². The fourth-order valence-corrected chi connectivity index (χ4v) is 6.13. The molecule has 1 aliphatic heterocycles. The van der Waals surface area contributed by atoms with Gasteiger partial charge in [0.15, 0.2) is 5.65 Å². The lowest BCUT2D eigenvalue weighted by Crippen LogP contribution is -2.39. The number of carbonyl (C=O) groups excluding carboxylic acids is 1. The second-order valence-corrected chi connectivity index (χ2v) is 10.8. The van der Waals surface area contributed by atoms with Gasteiger partial charge in [0.2, 0.25) is 0 Å². The van der Waals surface area contributed by atoms with Gasteiger partial charge < -0.3 is 11.1 Å². The van der Waals surface area contributed by atoms with Crippen LogP contribution >= 0.6 is 0 Å². The summed E-state index contributed by atoms with van der Waals surface area (Å²) in [5, 5.41) is 8.81. The Morgan fingerprint density at radius 1 is 1.16 bits per heavy atom. The summed E-state index contributed by atoms with van der Waals surface area (Å²) in [6.07, 6.45) is 5.70. The molecule has 8 nitrogen and oxygen atoms in total. The van der Waals surface area contributed by atoms with Crippen LogP contribution in [-0.4, -0.2) is 49.7 Å². The summed E-state index contributed by atoms with van der Waals surface area (Å²) < 4.78 is 2.05. The van der Waals surface area contributed by atoms with Crippen molar-refractivity contribution in [2.24, 2.45) is 5.92 Å². The van der Waals surface area contributed by atoms with E-state index in [0.29, 0.717) is 35.0 Å². The van der Waals surface area contributed by atoms with Crippen molar-refractivity contribution in [2.75, 3.05) is 24.1 Å². The van der Waals surface area contributed by atoms with Gasteiger partial charge in [-0.1, -0.05) is 44.2 Å². The molecule has 4 aromatic rings. The number of hydrogen-bond donors (Lipinski definition) is 2. The minimum absolute atomic E-state index is 0.176. The van der Waals surface area contributed by atoms with Crippen LogP contribution in [0.15, 0.2) is 67.5 Å². The fraction of sp³-hybridized carbons (Fsp3) is 0.333. The van der Waals surface area contributed by atoms with E-state index < -0.39 is 0 Å². The first-order valence-electron chi connectivity index (χ1n) is 13.3. The number of nitrogen functional groups attached to an aromatic ring is 1. The summed E-state index contributed by atoms with van der Waals surface area (Å²) in [7, 11) is 0. The smallest absolute Gasteiger partial charge is 0.255 e. The average molecular weight is 508 g/mol. The van der Waals surface area contributed by atoms with Crippen molar-refractivity contribution >= 4 is 28.4 Å². The van der Waals surface area contributed by atoms with Crippen molar-refractivity contribution in [2.45, 2.75) is 44.7 Å². The summed E-state index contributed by atoms with van der Waals surface area (Å²) in [6, 6.07) is 16.1. The molecule has 1 saturated carbocycles. The minimum Gasteiger partial charge on any atom is -0.383 e. The van der Waals surface area contributed by atoms with E-state index in [-0.39, 0.29) is 11.9 Å². The Hall–Kier alpha value is -4.04. The van der Waals surface area contributed by atoms with Crippen molar-refractivity contribution in [1.82, 2.24) is 24.6 Å². The topological polar surface area (TPSA) is 102 Å². The van der Waals surface area contributed by atoms with Crippen molar-refractivity contribution in [3.8, 4) is 11.3 Å². The number of nitrogens with two attached hydrogens (primary N) is 1. The van der Waals surface area contributed by atoms with Crippen molar-refractivity contribution < 1.29 is 4.79 Å². The molecule has 0 radical (unpaired) electrons. The first kappa shape index (κ1) is 24.3. The van der Waals surface area contributed by atoms with E-state index >= 15 is 0 Å². The molecule has 8 heteroatoms. The molecule has 2 aromatic carbocycles. The molecule has 1 saturated heterocycles. The van der Waals surface area contributed by atoms with E-state index in [1.54, 1.807) is 0 Å². The lowest BCUT2D eigenvalue weighted by atomic mass is 10.0. The Morgan fingerprint density at radius 2 is 1.95 bits per heavy atom.